The molecule has 2 rings (SSSR count). The van der Waals surface area contributed by atoms with Crippen molar-refractivity contribution in [1.82, 2.24) is 15.1 Å². The van der Waals surface area contributed by atoms with Gasteiger partial charge in [0.25, 0.3) is 0 Å². The largest absolute Gasteiger partial charge is 0.347 e. The van der Waals surface area contributed by atoms with Crippen LogP contribution < -0.4 is 5.32 Å². The average molecular weight is 326 g/mol. The van der Waals surface area contributed by atoms with Crippen molar-refractivity contribution >= 4 is 21.8 Å². The van der Waals surface area contributed by atoms with Gasteiger partial charge in [-0.15, -0.1) is 0 Å². The van der Waals surface area contributed by atoms with Gasteiger partial charge in [0.1, 0.15) is 6.04 Å². The molecular formula is C14H20BrN3O. The monoisotopic (exact) mass is 325 g/mol. The molecule has 1 amide bonds. The van der Waals surface area contributed by atoms with E-state index in [0.717, 1.165) is 36.2 Å². The molecule has 1 aromatic carbocycles. The summed E-state index contributed by atoms with van der Waals surface area (Å²) in [7, 11) is 3.63. The molecule has 0 radical (unpaired) electrons. The fourth-order valence-electron chi connectivity index (χ4n) is 2.37. The summed E-state index contributed by atoms with van der Waals surface area (Å²) in [5.41, 5.74) is 1.05. The van der Waals surface area contributed by atoms with Crippen molar-refractivity contribution in [2.45, 2.75) is 6.04 Å². The molecule has 1 heterocycles. The average Bonchev–Trinajstić information content (AvgIpc) is 2.40. The summed E-state index contributed by atoms with van der Waals surface area (Å²) in [5.74, 6) is 0.139. The minimum Gasteiger partial charge on any atom is -0.347 e. The van der Waals surface area contributed by atoms with E-state index in [1.807, 2.05) is 38.4 Å². The lowest BCUT2D eigenvalue weighted by atomic mass is 10.0. The maximum atomic E-state index is 12.5. The normalized spacial score (nSPS) is 18.1. The van der Waals surface area contributed by atoms with Gasteiger partial charge in [0.2, 0.25) is 5.91 Å². The predicted molar refractivity (Wildman–Crippen MR) is 80.0 cm³/mol. The number of nitrogens with one attached hydrogen (secondary N) is 1. The highest BCUT2D eigenvalue weighted by molar-refractivity contribution is 9.10. The van der Waals surface area contributed by atoms with E-state index in [-0.39, 0.29) is 11.9 Å². The van der Waals surface area contributed by atoms with E-state index in [1.54, 1.807) is 4.90 Å². The van der Waals surface area contributed by atoms with Crippen molar-refractivity contribution in [2.75, 3.05) is 40.3 Å². The second-order valence-corrected chi connectivity index (χ2v) is 5.89. The quantitative estimate of drug-likeness (QED) is 0.914. The molecule has 1 saturated heterocycles. The van der Waals surface area contributed by atoms with Crippen LogP contribution in [0.1, 0.15) is 11.6 Å². The molecule has 0 aromatic heterocycles. The maximum Gasteiger partial charge on any atom is 0.244 e. The Morgan fingerprint density at radius 3 is 2.63 bits per heavy atom. The number of piperazine rings is 1. The van der Waals surface area contributed by atoms with Gasteiger partial charge < -0.3 is 10.2 Å². The zero-order valence-corrected chi connectivity index (χ0v) is 13.0. The lowest BCUT2D eigenvalue weighted by Crippen LogP contribution is -2.49. The van der Waals surface area contributed by atoms with Crippen molar-refractivity contribution in [2.24, 2.45) is 0 Å². The van der Waals surface area contributed by atoms with Crippen LogP contribution in [-0.4, -0.2) is 56.0 Å². The lowest BCUT2D eigenvalue weighted by Gasteiger charge is -2.35. The number of benzene rings is 1. The second kappa shape index (κ2) is 6.50. The van der Waals surface area contributed by atoms with Crippen LogP contribution in [0.15, 0.2) is 28.7 Å². The molecule has 1 fully saturated rings. The third-order valence-corrected chi connectivity index (χ3v) is 3.85. The third kappa shape index (κ3) is 3.55. The van der Waals surface area contributed by atoms with Crippen molar-refractivity contribution in [3.63, 3.8) is 0 Å². The summed E-state index contributed by atoms with van der Waals surface area (Å²) >= 11 is 3.48. The van der Waals surface area contributed by atoms with E-state index in [1.165, 1.54) is 0 Å². The first-order valence-corrected chi connectivity index (χ1v) is 7.30. The van der Waals surface area contributed by atoms with Gasteiger partial charge in [-0.25, -0.2) is 0 Å². The zero-order chi connectivity index (χ0) is 13.8. The first-order valence-electron chi connectivity index (χ1n) is 6.51. The first kappa shape index (κ1) is 14.5. The summed E-state index contributed by atoms with van der Waals surface area (Å²) in [6.07, 6.45) is 0. The zero-order valence-electron chi connectivity index (χ0n) is 11.4. The van der Waals surface area contributed by atoms with Crippen LogP contribution in [0.4, 0.5) is 0 Å². The van der Waals surface area contributed by atoms with Crippen LogP contribution >= 0.6 is 15.9 Å². The molecule has 0 bridgehead atoms. The molecule has 1 unspecified atom stereocenters. The van der Waals surface area contributed by atoms with E-state index < -0.39 is 0 Å². The predicted octanol–water partition coefficient (Wildman–Crippen LogP) is 1.48. The molecule has 0 saturated carbocycles. The van der Waals surface area contributed by atoms with Gasteiger partial charge in [0.15, 0.2) is 0 Å². The fraction of sp³-hybridized carbons (Fsp3) is 0.500. The van der Waals surface area contributed by atoms with Gasteiger partial charge in [-0.1, -0.05) is 28.1 Å². The van der Waals surface area contributed by atoms with Crippen molar-refractivity contribution in [3.05, 3.63) is 34.3 Å². The Morgan fingerprint density at radius 2 is 2.05 bits per heavy atom. The van der Waals surface area contributed by atoms with Crippen molar-refractivity contribution in [3.8, 4) is 0 Å². The molecular weight excluding hydrogens is 306 g/mol. The maximum absolute atomic E-state index is 12.5. The molecule has 0 spiro atoms. The molecule has 4 nitrogen and oxygen atoms in total. The Morgan fingerprint density at radius 1 is 1.37 bits per heavy atom. The van der Waals surface area contributed by atoms with Crippen molar-refractivity contribution < 1.29 is 4.79 Å². The second-order valence-electron chi connectivity index (χ2n) is 4.98. The van der Waals surface area contributed by atoms with Crippen molar-refractivity contribution in [1.29, 1.82) is 0 Å². The number of rotatable bonds is 3. The number of nitrogens with zero attached hydrogens (tertiary/aromatic N) is 2. The summed E-state index contributed by atoms with van der Waals surface area (Å²) in [5, 5.41) is 3.32. The Hall–Kier alpha value is -0.910. The van der Waals surface area contributed by atoms with Crippen LogP contribution in [-0.2, 0) is 4.79 Å². The summed E-state index contributed by atoms with van der Waals surface area (Å²) in [6, 6.07) is 7.85. The van der Waals surface area contributed by atoms with E-state index in [4.69, 9.17) is 0 Å². The molecule has 1 aromatic rings. The summed E-state index contributed by atoms with van der Waals surface area (Å²) < 4.78 is 1.01. The van der Waals surface area contributed by atoms with Gasteiger partial charge in [-0.2, -0.15) is 0 Å². The molecule has 1 aliphatic rings. The fourth-order valence-corrected chi connectivity index (χ4v) is 2.79. The van der Waals surface area contributed by atoms with Crippen LogP contribution in [0, 0.1) is 0 Å². The Labute approximate surface area is 122 Å². The Bertz CT molecular complexity index is 444. The lowest BCUT2D eigenvalue weighted by molar-refractivity contribution is -0.135. The van der Waals surface area contributed by atoms with Crippen LogP contribution in [0.3, 0.4) is 0 Å². The van der Waals surface area contributed by atoms with Crippen LogP contribution in [0.25, 0.3) is 0 Å². The highest BCUT2D eigenvalue weighted by Crippen LogP contribution is 2.25. The standard InChI is InChI=1S/C14H20BrN3O/c1-17(2)14(19)13(18-8-6-16-7-9-18)11-4-3-5-12(15)10-11/h3-5,10,13,16H,6-9H2,1-2H3. The van der Waals surface area contributed by atoms with Gasteiger partial charge >= 0.3 is 0 Å². The minimum atomic E-state index is -0.186. The minimum absolute atomic E-state index is 0.139. The molecule has 1 N–H and O–H groups in total. The number of halogens is 1. The first-order chi connectivity index (χ1) is 9.09. The van der Waals surface area contributed by atoms with E-state index >= 15 is 0 Å². The SMILES string of the molecule is CN(C)C(=O)C(c1cccc(Br)c1)N1CCNCC1. The van der Waals surface area contributed by atoms with Crippen LogP contribution in [0.5, 0.6) is 0 Å². The van der Waals surface area contributed by atoms with Crippen LogP contribution in [0.2, 0.25) is 0 Å². The molecule has 104 valence electrons. The summed E-state index contributed by atoms with van der Waals surface area (Å²) in [4.78, 5) is 16.4. The highest BCUT2D eigenvalue weighted by Gasteiger charge is 2.29. The van der Waals surface area contributed by atoms with Gasteiger partial charge in [0.05, 0.1) is 0 Å². The summed E-state index contributed by atoms with van der Waals surface area (Å²) in [6.45, 7) is 3.67. The van der Waals surface area contributed by atoms with E-state index in [0.29, 0.717) is 0 Å². The smallest absolute Gasteiger partial charge is 0.244 e. The topological polar surface area (TPSA) is 35.6 Å². The number of hydrogen-bond donors (Lipinski definition) is 1. The molecule has 1 atom stereocenters. The van der Waals surface area contributed by atoms with Gasteiger partial charge in [-0.05, 0) is 17.7 Å². The Kier molecular flexibility index (Phi) is 4.96. The number of hydrogen-bond acceptors (Lipinski definition) is 3. The molecule has 19 heavy (non-hydrogen) atoms. The highest BCUT2D eigenvalue weighted by atomic mass is 79.9. The Balaban J connectivity index is 2.30. The molecule has 5 heteroatoms. The number of likely N-dealkylation sites (N-methyl/N-ethyl adjacent to an activating group) is 1. The van der Waals surface area contributed by atoms with E-state index in [2.05, 4.69) is 26.1 Å². The van der Waals surface area contributed by atoms with Gasteiger partial charge in [0, 0.05) is 44.7 Å². The number of carbonyl (C=O) groups excluding carboxylic acids is 1. The number of amides is 1. The molecule has 1 aliphatic heterocycles. The number of carbonyl (C=O) groups is 1. The third-order valence-electron chi connectivity index (χ3n) is 3.36. The van der Waals surface area contributed by atoms with Gasteiger partial charge in [-0.3, -0.25) is 9.69 Å². The van der Waals surface area contributed by atoms with E-state index in [9.17, 15) is 4.79 Å². The molecule has 0 aliphatic carbocycles.